The molecule has 0 saturated carbocycles. The zero-order valence-electron chi connectivity index (χ0n) is 18.3. The molecule has 1 rings (SSSR count). The molecular weight excluding hydrogens is 386 g/mol. The van der Waals surface area contributed by atoms with Crippen LogP contribution in [0.1, 0.15) is 78.6 Å². The summed E-state index contributed by atoms with van der Waals surface area (Å²) in [6.07, 6.45) is 15.1. The zero-order valence-corrected chi connectivity index (χ0v) is 19.1. The molecule has 0 fully saturated rings. The second-order valence-corrected chi connectivity index (χ2v) is 8.05. The molecule has 164 valence electrons. The molecule has 29 heavy (non-hydrogen) atoms. The highest BCUT2D eigenvalue weighted by Gasteiger charge is 2.26. The van der Waals surface area contributed by atoms with E-state index in [9.17, 15) is 14.7 Å². The van der Waals surface area contributed by atoms with Crippen molar-refractivity contribution in [2.75, 3.05) is 13.1 Å². The molecule has 5 heteroatoms. The van der Waals surface area contributed by atoms with Crippen molar-refractivity contribution in [3.05, 3.63) is 34.9 Å². The first-order chi connectivity index (χ1) is 13.9. The van der Waals surface area contributed by atoms with Gasteiger partial charge in [-0.1, -0.05) is 68.5 Å². The SMILES string of the molecule is CCCCCC(O)C=CC1C=C(Cl)C(=O)C1=CCCCCCC(=O)N(CC)CC. The van der Waals surface area contributed by atoms with Crippen molar-refractivity contribution in [3.8, 4) is 0 Å². The van der Waals surface area contributed by atoms with Crippen LogP contribution in [0.4, 0.5) is 0 Å². The molecule has 1 amide bonds. The van der Waals surface area contributed by atoms with E-state index in [1.807, 2.05) is 30.9 Å². The van der Waals surface area contributed by atoms with Crippen LogP contribution in [0.25, 0.3) is 0 Å². The smallest absolute Gasteiger partial charge is 0.222 e. The Hall–Kier alpha value is -1.39. The summed E-state index contributed by atoms with van der Waals surface area (Å²) in [5.41, 5.74) is 0.700. The second-order valence-electron chi connectivity index (χ2n) is 7.64. The fourth-order valence-electron chi connectivity index (χ4n) is 3.54. The normalized spacial score (nSPS) is 19.2. The van der Waals surface area contributed by atoms with Gasteiger partial charge in [-0.2, -0.15) is 0 Å². The zero-order chi connectivity index (χ0) is 21.6. The molecule has 0 saturated heterocycles. The summed E-state index contributed by atoms with van der Waals surface area (Å²) in [6, 6.07) is 0. The van der Waals surface area contributed by atoms with Crippen molar-refractivity contribution in [3.63, 3.8) is 0 Å². The summed E-state index contributed by atoms with van der Waals surface area (Å²) in [6.45, 7) is 7.67. The van der Waals surface area contributed by atoms with Crippen molar-refractivity contribution in [1.82, 2.24) is 4.90 Å². The van der Waals surface area contributed by atoms with Gasteiger partial charge in [0.05, 0.1) is 11.1 Å². The van der Waals surface area contributed by atoms with Gasteiger partial charge in [-0.3, -0.25) is 9.59 Å². The van der Waals surface area contributed by atoms with E-state index in [0.717, 1.165) is 64.5 Å². The number of nitrogens with zero attached hydrogens (tertiary/aromatic N) is 1. The lowest BCUT2D eigenvalue weighted by molar-refractivity contribution is -0.130. The minimum Gasteiger partial charge on any atom is -0.389 e. The fraction of sp³-hybridized carbons (Fsp3) is 0.667. The predicted octanol–water partition coefficient (Wildman–Crippen LogP) is 5.55. The van der Waals surface area contributed by atoms with Crippen LogP contribution in [0.5, 0.6) is 0 Å². The molecule has 0 aromatic carbocycles. The van der Waals surface area contributed by atoms with Gasteiger partial charge in [0.2, 0.25) is 11.7 Å². The van der Waals surface area contributed by atoms with Gasteiger partial charge >= 0.3 is 0 Å². The lowest BCUT2D eigenvalue weighted by atomic mass is 9.98. The van der Waals surface area contributed by atoms with Crippen molar-refractivity contribution in [2.45, 2.75) is 84.7 Å². The number of aliphatic hydroxyl groups is 1. The average Bonchev–Trinajstić information content (AvgIpc) is 2.97. The number of rotatable bonds is 14. The van der Waals surface area contributed by atoms with E-state index in [2.05, 4.69) is 6.92 Å². The summed E-state index contributed by atoms with van der Waals surface area (Å²) in [5.74, 6) is -0.0448. The monoisotopic (exact) mass is 423 g/mol. The number of carbonyl (C=O) groups is 2. The number of hydrogen-bond donors (Lipinski definition) is 1. The van der Waals surface area contributed by atoms with Gasteiger partial charge in [-0.25, -0.2) is 0 Å². The third-order valence-electron chi connectivity index (χ3n) is 5.38. The van der Waals surface area contributed by atoms with E-state index in [1.54, 1.807) is 12.2 Å². The summed E-state index contributed by atoms with van der Waals surface area (Å²) in [5, 5.41) is 10.3. The summed E-state index contributed by atoms with van der Waals surface area (Å²) < 4.78 is 0. The van der Waals surface area contributed by atoms with Gasteiger partial charge in [0.15, 0.2) is 0 Å². The Balaban J connectivity index is 2.45. The fourth-order valence-corrected chi connectivity index (χ4v) is 3.78. The number of hydrogen-bond acceptors (Lipinski definition) is 3. The van der Waals surface area contributed by atoms with Gasteiger partial charge in [0.1, 0.15) is 0 Å². The summed E-state index contributed by atoms with van der Waals surface area (Å²) >= 11 is 6.06. The Labute approximate surface area is 181 Å². The van der Waals surface area contributed by atoms with Gasteiger partial charge in [0.25, 0.3) is 0 Å². The van der Waals surface area contributed by atoms with Gasteiger partial charge in [-0.05, 0) is 39.5 Å². The minimum atomic E-state index is -0.478. The number of ketones is 1. The molecule has 2 atom stereocenters. The van der Waals surface area contributed by atoms with E-state index in [0.29, 0.717) is 12.0 Å². The average molecular weight is 424 g/mol. The predicted molar refractivity (Wildman–Crippen MR) is 121 cm³/mol. The topological polar surface area (TPSA) is 57.6 Å². The largest absolute Gasteiger partial charge is 0.389 e. The lowest BCUT2D eigenvalue weighted by Gasteiger charge is -2.18. The van der Waals surface area contributed by atoms with E-state index in [1.165, 1.54) is 0 Å². The summed E-state index contributed by atoms with van der Waals surface area (Å²) in [4.78, 5) is 26.2. The maximum absolute atomic E-state index is 12.3. The van der Waals surface area contributed by atoms with Crippen molar-refractivity contribution < 1.29 is 14.7 Å². The van der Waals surface area contributed by atoms with E-state index >= 15 is 0 Å². The highest BCUT2D eigenvalue weighted by atomic mass is 35.5. The van der Waals surface area contributed by atoms with Crippen molar-refractivity contribution >= 4 is 23.3 Å². The lowest BCUT2D eigenvalue weighted by Crippen LogP contribution is -2.30. The first-order valence-electron chi connectivity index (χ1n) is 11.2. The number of halogens is 1. The van der Waals surface area contributed by atoms with Gasteiger partial charge < -0.3 is 10.0 Å². The third-order valence-corrected chi connectivity index (χ3v) is 5.68. The van der Waals surface area contributed by atoms with Crippen LogP contribution in [0.15, 0.2) is 34.9 Å². The van der Waals surface area contributed by atoms with Crippen LogP contribution < -0.4 is 0 Å². The second kappa shape index (κ2) is 14.6. The number of carbonyl (C=O) groups excluding carboxylic acids is 2. The van der Waals surface area contributed by atoms with Crippen LogP contribution in [-0.4, -0.2) is 40.9 Å². The van der Waals surface area contributed by atoms with E-state index < -0.39 is 6.10 Å². The first kappa shape index (κ1) is 25.6. The Morgan fingerprint density at radius 2 is 1.90 bits per heavy atom. The third kappa shape index (κ3) is 9.31. The molecular formula is C24H38ClNO3. The van der Waals surface area contributed by atoms with Crippen LogP contribution in [0, 0.1) is 5.92 Å². The van der Waals surface area contributed by atoms with Crippen LogP contribution >= 0.6 is 11.6 Å². The van der Waals surface area contributed by atoms with Crippen LogP contribution in [0.2, 0.25) is 0 Å². The summed E-state index contributed by atoms with van der Waals surface area (Å²) in [7, 11) is 0. The number of aliphatic hydroxyl groups excluding tert-OH is 1. The Morgan fingerprint density at radius 1 is 1.17 bits per heavy atom. The number of unbranched alkanes of at least 4 members (excludes halogenated alkanes) is 5. The molecule has 0 aliphatic heterocycles. The van der Waals surface area contributed by atoms with Crippen molar-refractivity contribution in [2.24, 2.45) is 5.92 Å². The van der Waals surface area contributed by atoms with Crippen LogP contribution in [-0.2, 0) is 9.59 Å². The van der Waals surface area contributed by atoms with E-state index in [-0.39, 0.29) is 22.6 Å². The highest BCUT2D eigenvalue weighted by molar-refractivity contribution is 6.46. The Kier molecular flexibility index (Phi) is 12.9. The van der Waals surface area contributed by atoms with Gasteiger partial charge in [0, 0.05) is 31.0 Å². The minimum absolute atomic E-state index is 0.112. The molecule has 2 unspecified atom stereocenters. The highest BCUT2D eigenvalue weighted by Crippen LogP contribution is 2.31. The maximum atomic E-state index is 12.3. The number of amides is 1. The molecule has 0 aromatic heterocycles. The standard InChI is InChI=1S/C24H38ClNO3/c1-4-7-10-13-20(27)17-16-19-18-22(25)24(29)21(19)14-11-8-9-12-15-23(28)26(5-2)6-3/h14,16-20,27H,4-13,15H2,1-3H3. The van der Waals surface area contributed by atoms with Crippen LogP contribution in [0.3, 0.4) is 0 Å². The quantitative estimate of drug-likeness (QED) is 0.226. The number of Topliss-reactive ketones (excluding diaryl/α,β-unsaturated/α-hetero) is 1. The molecule has 0 spiro atoms. The van der Waals surface area contributed by atoms with Gasteiger partial charge in [-0.15, -0.1) is 0 Å². The maximum Gasteiger partial charge on any atom is 0.222 e. The molecule has 0 heterocycles. The molecule has 1 aliphatic rings. The van der Waals surface area contributed by atoms with E-state index in [4.69, 9.17) is 11.6 Å². The first-order valence-corrected chi connectivity index (χ1v) is 11.6. The Bertz CT molecular complexity index is 605. The molecule has 0 aromatic rings. The molecule has 0 bridgehead atoms. The molecule has 1 N–H and O–H groups in total. The Morgan fingerprint density at radius 3 is 2.55 bits per heavy atom. The number of allylic oxidation sites excluding steroid dienone is 5. The molecule has 1 aliphatic carbocycles. The molecule has 4 nitrogen and oxygen atoms in total. The van der Waals surface area contributed by atoms with Crippen molar-refractivity contribution in [1.29, 1.82) is 0 Å². The molecule has 0 radical (unpaired) electrons.